The number of carbonyl (C=O) groups is 1. The van der Waals surface area contributed by atoms with Gasteiger partial charge >= 0.3 is 5.97 Å². The van der Waals surface area contributed by atoms with E-state index in [1.165, 1.54) is 57.8 Å². The minimum Gasteiger partial charge on any atom is -1.00 e. The largest absolute Gasteiger partial charge is 1.00 e. The molecule has 0 rings (SSSR count). The van der Waals surface area contributed by atoms with Gasteiger partial charge in [-0.15, -0.1) is 4.65 Å². The van der Waals surface area contributed by atoms with Crippen LogP contribution in [0.4, 0.5) is 0 Å². The molecule has 132 valence electrons. The van der Waals surface area contributed by atoms with Crippen LogP contribution in [0, 0.1) is 0 Å². The van der Waals surface area contributed by atoms with Crippen molar-refractivity contribution in [1.29, 1.82) is 0 Å². The molecule has 0 spiro atoms. The molecule has 0 saturated heterocycles. The Labute approximate surface area is 144 Å². The molecule has 0 atom stereocenters. The van der Waals surface area contributed by atoms with Crippen molar-refractivity contribution in [3.8, 4) is 0 Å². The average Bonchev–Trinajstić information content (AvgIpc) is 2.40. The molecule has 0 aliphatic rings. The van der Waals surface area contributed by atoms with Gasteiger partial charge < -0.3 is 12.4 Å². The van der Waals surface area contributed by atoms with Crippen LogP contribution >= 0.6 is 0 Å². The molecule has 0 saturated carbocycles. The molecule has 0 fully saturated rings. The Balaban J connectivity index is 0. The van der Waals surface area contributed by atoms with Crippen LogP contribution < -0.4 is 12.4 Å². The summed E-state index contributed by atoms with van der Waals surface area (Å²) in [6.45, 7) is 8.42. The number of carbonyl (C=O) groups excluding carboxylic acids is 1. The summed E-state index contributed by atoms with van der Waals surface area (Å²) in [6.07, 6.45) is 13.2. The van der Waals surface area contributed by atoms with Gasteiger partial charge in [0.15, 0.2) is 0 Å². The molecule has 0 unspecified atom stereocenters. The van der Waals surface area contributed by atoms with Gasteiger partial charge in [0.2, 0.25) is 0 Å². The first-order valence-electron chi connectivity index (χ1n) is 8.61. The SMILES string of the molecule is C=C(C)C(=O)O[N+](C)(C)CCCCCCCCCCCC.[Cl-]. The van der Waals surface area contributed by atoms with E-state index >= 15 is 0 Å². The summed E-state index contributed by atoms with van der Waals surface area (Å²) in [5.74, 6) is -0.299. The first kappa shape index (κ1) is 23.7. The molecule has 0 aliphatic heterocycles. The quantitative estimate of drug-likeness (QED) is 0.223. The van der Waals surface area contributed by atoms with Crippen LogP contribution in [0.1, 0.15) is 78.1 Å². The zero-order valence-electron chi connectivity index (χ0n) is 15.1. The molecule has 0 bridgehead atoms. The van der Waals surface area contributed by atoms with Crippen molar-refractivity contribution >= 4 is 5.97 Å². The number of nitrogens with zero attached hydrogens (tertiary/aromatic N) is 1. The second kappa shape index (κ2) is 14.1. The lowest BCUT2D eigenvalue weighted by Gasteiger charge is -2.26. The summed E-state index contributed by atoms with van der Waals surface area (Å²) in [5.41, 5.74) is 0.462. The van der Waals surface area contributed by atoms with Gasteiger partial charge in [0.1, 0.15) is 20.6 Å². The molecule has 3 nitrogen and oxygen atoms in total. The van der Waals surface area contributed by atoms with Crippen LogP contribution in [0.5, 0.6) is 0 Å². The third kappa shape index (κ3) is 14.4. The second-order valence-corrected chi connectivity index (χ2v) is 6.64. The highest BCUT2D eigenvalue weighted by atomic mass is 35.5. The van der Waals surface area contributed by atoms with Gasteiger partial charge in [-0.3, -0.25) is 4.84 Å². The fourth-order valence-electron chi connectivity index (χ4n) is 2.33. The van der Waals surface area contributed by atoms with Crippen molar-refractivity contribution in [3.05, 3.63) is 12.2 Å². The van der Waals surface area contributed by atoms with E-state index in [4.69, 9.17) is 4.84 Å². The summed E-state index contributed by atoms with van der Waals surface area (Å²) in [6, 6.07) is 0. The van der Waals surface area contributed by atoms with Gasteiger partial charge in [-0.05, 0) is 13.3 Å². The van der Waals surface area contributed by atoms with Crippen LogP contribution in [-0.2, 0) is 9.63 Å². The molecule has 0 aromatic rings. The summed E-state index contributed by atoms with van der Waals surface area (Å²) in [7, 11) is 3.85. The average molecular weight is 334 g/mol. The number of hydrogen-bond donors (Lipinski definition) is 0. The van der Waals surface area contributed by atoms with E-state index in [1.807, 2.05) is 14.1 Å². The van der Waals surface area contributed by atoms with E-state index in [9.17, 15) is 4.79 Å². The van der Waals surface area contributed by atoms with Gasteiger partial charge in [-0.2, -0.15) is 0 Å². The third-order valence-electron chi connectivity index (χ3n) is 3.73. The Morgan fingerprint density at radius 3 is 1.73 bits per heavy atom. The monoisotopic (exact) mass is 333 g/mol. The van der Waals surface area contributed by atoms with Crippen molar-refractivity contribution in [2.24, 2.45) is 0 Å². The minimum atomic E-state index is -0.299. The highest BCUT2D eigenvalue weighted by molar-refractivity contribution is 5.86. The van der Waals surface area contributed by atoms with Crippen LogP contribution in [0.15, 0.2) is 12.2 Å². The van der Waals surface area contributed by atoms with E-state index in [0.717, 1.165) is 13.0 Å². The lowest BCUT2D eigenvalue weighted by molar-refractivity contribution is -1.06. The summed E-state index contributed by atoms with van der Waals surface area (Å²) < 4.78 is 0.294. The zero-order valence-corrected chi connectivity index (χ0v) is 15.9. The topological polar surface area (TPSA) is 26.3 Å². The Morgan fingerprint density at radius 2 is 1.32 bits per heavy atom. The van der Waals surface area contributed by atoms with Gasteiger partial charge in [0.05, 0.1) is 0 Å². The number of rotatable bonds is 13. The van der Waals surface area contributed by atoms with Crippen molar-refractivity contribution in [3.63, 3.8) is 0 Å². The maximum Gasteiger partial charge on any atom is 0.392 e. The fraction of sp³-hybridized carbons (Fsp3) is 0.833. The lowest BCUT2D eigenvalue weighted by atomic mass is 10.1. The third-order valence-corrected chi connectivity index (χ3v) is 3.73. The first-order valence-corrected chi connectivity index (χ1v) is 8.61. The van der Waals surface area contributed by atoms with Crippen LogP contribution in [-0.4, -0.2) is 31.3 Å². The predicted molar refractivity (Wildman–Crippen MR) is 89.7 cm³/mol. The van der Waals surface area contributed by atoms with E-state index in [2.05, 4.69) is 13.5 Å². The van der Waals surface area contributed by atoms with Gasteiger partial charge in [0.25, 0.3) is 0 Å². The van der Waals surface area contributed by atoms with E-state index in [1.54, 1.807) is 6.92 Å². The molecule has 0 amide bonds. The Kier molecular flexibility index (Phi) is 15.2. The van der Waals surface area contributed by atoms with Crippen LogP contribution in [0.3, 0.4) is 0 Å². The molecule has 4 heteroatoms. The Morgan fingerprint density at radius 1 is 0.909 bits per heavy atom. The Hall–Kier alpha value is -0.540. The number of quaternary nitrogens is 1. The smallest absolute Gasteiger partial charge is 0.392 e. The maximum atomic E-state index is 11.5. The number of halogens is 1. The van der Waals surface area contributed by atoms with Crippen molar-refractivity contribution < 1.29 is 26.7 Å². The van der Waals surface area contributed by atoms with Gasteiger partial charge in [-0.25, -0.2) is 4.79 Å². The zero-order chi connectivity index (χ0) is 16.1. The molecule has 0 aromatic heterocycles. The van der Waals surface area contributed by atoms with Crippen molar-refractivity contribution in [2.45, 2.75) is 78.1 Å². The van der Waals surface area contributed by atoms with Crippen LogP contribution in [0.2, 0.25) is 0 Å². The first-order chi connectivity index (χ1) is 9.89. The van der Waals surface area contributed by atoms with E-state index < -0.39 is 0 Å². The molecule has 22 heavy (non-hydrogen) atoms. The normalized spacial score (nSPS) is 10.9. The minimum absolute atomic E-state index is 0. The number of unbranched alkanes of at least 4 members (excludes halogenated alkanes) is 9. The highest BCUT2D eigenvalue weighted by Gasteiger charge is 2.21. The van der Waals surface area contributed by atoms with Crippen LogP contribution in [0.25, 0.3) is 0 Å². The summed E-state index contributed by atoms with van der Waals surface area (Å²) >= 11 is 0. The van der Waals surface area contributed by atoms with Crippen molar-refractivity contribution in [2.75, 3.05) is 20.6 Å². The predicted octanol–water partition coefficient (Wildman–Crippen LogP) is 2.02. The molecular weight excluding hydrogens is 298 g/mol. The number of hydroxylamine groups is 3. The molecule has 0 heterocycles. The molecule has 0 radical (unpaired) electrons. The fourth-order valence-corrected chi connectivity index (χ4v) is 2.33. The molecule has 0 aliphatic carbocycles. The second-order valence-electron chi connectivity index (χ2n) is 6.64. The molecule has 0 aromatic carbocycles. The molecular formula is C18H36ClNO2. The lowest BCUT2D eigenvalue weighted by Crippen LogP contribution is -3.00. The van der Waals surface area contributed by atoms with Gasteiger partial charge in [0, 0.05) is 12.0 Å². The Bertz CT molecular complexity index is 303. The number of hydrogen-bond acceptors (Lipinski definition) is 2. The maximum absolute atomic E-state index is 11.5. The summed E-state index contributed by atoms with van der Waals surface area (Å²) in [4.78, 5) is 16.9. The van der Waals surface area contributed by atoms with Gasteiger partial charge in [-0.1, -0.05) is 64.9 Å². The standard InChI is InChI=1S/C18H36NO2.ClH/c1-6-7-8-9-10-11-12-13-14-15-16-19(4,5)21-18(20)17(2)3;/h2,6-16H2,1,3-5H3;1H/q+1;/p-1. The highest BCUT2D eigenvalue weighted by Crippen LogP contribution is 2.12. The van der Waals surface area contributed by atoms with E-state index in [-0.39, 0.29) is 18.4 Å². The molecule has 0 N–H and O–H groups in total. The summed E-state index contributed by atoms with van der Waals surface area (Å²) in [5, 5.41) is 0. The van der Waals surface area contributed by atoms with E-state index in [0.29, 0.717) is 10.2 Å². The van der Waals surface area contributed by atoms with Crippen molar-refractivity contribution in [1.82, 2.24) is 0 Å².